The Morgan fingerprint density at radius 2 is 1.81 bits per heavy atom. The molecule has 1 aromatic rings. The lowest BCUT2D eigenvalue weighted by Gasteiger charge is -2.20. The third-order valence-electron chi connectivity index (χ3n) is 2.51. The van der Waals surface area contributed by atoms with Crippen LogP contribution in [0.3, 0.4) is 0 Å². The van der Waals surface area contributed by atoms with Crippen LogP contribution in [-0.2, 0) is 0 Å². The molecule has 1 aromatic carbocycles. The van der Waals surface area contributed by atoms with Crippen molar-refractivity contribution in [3.63, 3.8) is 0 Å². The molecule has 3 heteroatoms. The van der Waals surface area contributed by atoms with E-state index in [1.165, 1.54) is 0 Å². The molecule has 0 unspecified atom stereocenters. The van der Waals surface area contributed by atoms with Gasteiger partial charge in [-0.25, -0.2) is 0 Å². The zero-order chi connectivity index (χ0) is 12.1. The fourth-order valence-corrected chi connectivity index (χ4v) is 1.80. The summed E-state index contributed by atoms with van der Waals surface area (Å²) < 4.78 is 0. The topological polar surface area (TPSA) is 40.5 Å². The largest absolute Gasteiger partial charge is 0.395 e. The molecule has 0 spiro atoms. The first-order valence-corrected chi connectivity index (χ1v) is 5.57. The Balaban J connectivity index is 2.94. The number of aliphatic hydroxyl groups excluding tert-OH is 1. The van der Waals surface area contributed by atoms with Gasteiger partial charge in [0.25, 0.3) is 5.91 Å². The van der Waals surface area contributed by atoms with E-state index in [0.29, 0.717) is 18.7 Å². The lowest BCUT2D eigenvalue weighted by molar-refractivity contribution is 0.0732. The molecule has 88 valence electrons. The van der Waals surface area contributed by atoms with Crippen molar-refractivity contribution in [1.29, 1.82) is 0 Å². The van der Waals surface area contributed by atoms with E-state index in [9.17, 15) is 4.79 Å². The number of carbonyl (C=O) groups excluding carboxylic acids is 1. The van der Waals surface area contributed by atoms with E-state index in [0.717, 1.165) is 11.1 Å². The van der Waals surface area contributed by atoms with Gasteiger partial charge in [0, 0.05) is 18.7 Å². The Morgan fingerprint density at radius 1 is 1.25 bits per heavy atom. The first-order chi connectivity index (χ1) is 7.58. The summed E-state index contributed by atoms with van der Waals surface area (Å²) in [7, 11) is 0. The van der Waals surface area contributed by atoms with Gasteiger partial charge in [-0.05, 0) is 32.9 Å². The van der Waals surface area contributed by atoms with Crippen molar-refractivity contribution < 1.29 is 9.90 Å². The maximum absolute atomic E-state index is 12.1. The van der Waals surface area contributed by atoms with Crippen LogP contribution in [0, 0.1) is 13.8 Å². The van der Waals surface area contributed by atoms with Gasteiger partial charge < -0.3 is 10.0 Å². The second kappa shape index (κ2) is 5.66. The quantitative estimate of drug-likeness (QED) is 0.841. The second-order valence-corrected chi connectivity index (χ2v) is 3.98. The van der Waals surface area contributed by atoms with E-state index in [1.54, 1.807) is 4.90 Å². The van der Waals surface area contributed by atoms with Crippen LogP contribution in [-0.4, -0.2) is 35.6 Å². The average Bonchev–Trinajstić information content (AvgIpc) is 2.23. The first-order valence-electron chi connectivity index (χ1n) is 5.57. The summed E-state index contributed by atoms with van der Waals surface area (Å²) in [5, 5.41) is 8.88. The minimum Gasteiger partial charge on any atom is -0.395 e. The minimum atomic E-state index is -0.0108. The fraction of sp³-hybridized carbons (Fsp3) is 0.462. The molecule has 0 bridgehead atoms. The van der Waals surface area contributed by atoms with Crippen molar-refractivity contribution >= 4 is 5.91 Å². The SMILES string of the molecule is CCN(CCO)C(=O)c1cc(C)cc(C)c1. The zero-order valence-electron chi connectivity index (χ0n) is 10.2. The van der Waals surface area contributed by atoms with Crippen molar-refractivity contribution in [3.8, 4) is 0 Å². The highest BCUT2D eigenvalue weighted by atomic mass is 16.3. The van der Waals surface area contributed by atoms with Gasteiger partial charge in [-0.1, -0.05) is 17.2 Å². The van der Waals surface area contributed by atoms with Crippen molar-refractivity contribution in [2.75, 3.05) is 19.7 Å². The van der Waals surface area contributed by atoms with Gasteiger partial charge in [-0.15, -0.1) is 0 Å². The van der Waals surface area contributed by atoms with Crippen molar-refractivity contribution in [3.05, 3.63) is 34.9 Å². The predicted octanol–water partition coefficient (Wildman–Crippen LogP) is 1.76. The Morgan fingerprint density at radius 3 is 2.25 bits per heavy atom. The molecule has 16 heavy (non-hydrogen) atoms. The molecule has 0 aliphatic heterocycles. The highest BCUT2D eigenvalue weighted by Gasteiger charge is 2.13. The van der Waals surface area contributed by atoms with Gasteiger partial charge in [0.1, 0.15) is 0 Å². The Labute approximate surface area is 96.7 Å². The molecule has 3 nitrogen and oxygen atoms in total. The van der Waals surface area contributed by atoms with Crippen LogP contribution in [0.5, 0.6) is 0 Å². The van der Waals surface area contributed by atoms with Gasteiger partial charge >= 0.3 is 0 Å². The lowest BCUT2D eigenvalue weighted by atomic mass is 10.1. The summed E-state index contributed by atoms with van der Waals surface area (Å²) >= 11 is 0. The average molecular weight is 221 g/mol. The van der Waals surface area contributed by atoms with E-state index in [2.05, 4.69) is 0 Å². The molecule has 0 atom stereocenters. The maximum Gasteiger partial charge on any atom is 0.253 e. The van der Waals surface area contributed by atoms with Gasteiger partial charge in [-0.2, -0.15) is 0 Å². The molecule has 0 aliphatic rings. The molecule has 0 fully saturated rings. The summed E-state index contributed by atoms with van der Waals surface area (Å²) in [4.78, 5) is 13.7. The molecule has 1 N–H and O–H groups in total. The summed E-state index contributed by atoms with van der Waals surface area (Å²) in [5.74, 6) is -0.0108. The lowest BCUT2D eigenvalue weighted by Crippen LogP contribution is -2.33. The number of hydrogen-bond acceptors (Lipinski definition) is 2. The summed E-state index contributed by atoms with van der Waals surface area (Å²) in [6, 6.07) is 5.81. The van der Waals surface area contributed by atoms with Gasteiger partial charge in [0.2, 0.25) is 0 Å². The van der Waals surface area contributed by atoms with Gasteiger partial charge in [-0.3, -0.25) is 4.79 Å². The summed E-state index contributed by atoms with van der Waals surface area (Å²) in [5.41, 5.74) is 2.87. The molecule has 0 radical (unpaired) electrons. The Bertz CT molecular complexity index is 354. The molecule has 1 rings (SSSR count). The fourth-order valence-electron chi connectivity index (χ4n) is 1.80. The number of aryl methyl sites for hydroxylation is 2. The number of benzene rings is 1. The Kier molecular flexibility index (Phi) is 4.50. The van der Waals surface area contributed by atoms with Gasteiger partial charge in [0.15, 0.2) is 0 Å². The smallest absolute Gasteiger partial charge is 0.253 e. The molecule has 1 amide bonds. The van der Waals surface area contributed by atoms with Crippen molar-refractivity contribution in [2.24, 2.45) is 0 Å². The normalized spacial score (nSPS) is 10.2. The van der Waals surface area contributed by atoms with Gasteiger partial charge in [0.05, 0.1) is 6.61 Å². The molecular formula is C13H19NO2. The maximum atomic E-state index is 12.1. The highest BCUT2D eigenvalue weighted by Crippen LogP contribution is 2.11. The third kappa shape index (κ3) is 3.07. The zero-order valence-corrected chi connectivity index (χ0v) is 10.2. The standard InChI is InChI=1S/C13H19NO2/c1-4-14(5-6-15)13(16)12-8-10(2)7-11(3)9-12/h7-9,15H,4-6H2,1-3H3. The number of hydrogen-bond donors (Lipinski definition) is 1. The predicted molar refractivity (Wildman–Crippen MR) is 64.6 cm³/mol. The van der Waals surface area contributed by atoms with Crippen molar-refractivity contribution in [1.82, 2.24) is 4.90 Å². The molecule has 0 aliphatic carbocycles. The molecular weight excluding hydrogens is 202 g/mol. The highest BCUT2D eigenvalue weighted by molar-refractivity contribution is 5.94. The van der Waals surface area contributed by atoms with E-state index in [1.807, 2.05) is 39.0 Å². The monoisotopic (exact) mass is 221 g/mol. The van der Waals surface area contributed by atoms with E-state index < -0.39 is 0 Å². The van der Waals surface area contributed by atoms with Crippen LogP contribution in [0.1, 0.15) is 28.4 Å². The number of nitrogens with zero attached hydrogens (tertiary/aromatic N) is 1. The molecule has 0 aromatic heterocycles. The van der Waals surface area contributed by atoms with Crippen LogP contribution >= 0.6 is 0 Å². The second-order valence-electron chi connectivity index (χ2n) is 3.98. The molecule has 0 saturated heterocycles. The molecule has 0 saturated carbocycles. The number of carbonyl (C=O) groups is 1. The van der Waals surface area contributed by atoms with Crippen LogP contribution in [0.15, 0.2) is 18.2 Å². The van der Waals surface area contributed by atoms with Crippen LogP contribution < -0.4 is 0 Å². The van der Waals surface area contributed by atoms with E-state index >= 15 is 0 Å². The third-order valence-corrected chi connectivity index (χ3v) is 2.51. The summed E-state index contributed by atoms with van der Waals surface area (Å²) in [6.45, 7) is 6.88. The summed E-state index contributed by atoms with van der Waals surface area (Å²) in [6.07, 6.45) is 0. The van der Waals surface area contributed by atoms with Crippen LogP contribution in [0.25, 0.3) is 0 Å². The van der Waals surface area contributed by atoms with E-state index in [-0.39, 0.29) is 12.5 Å². The first kappa shape index (κ1) is 12.7. The van der Waals surface area contributed by atoms with E-state index in [4.69, 9.17) is 5.11 Å². The van der Waals surface area contributed by atoms with Crippen molar-refractivity contribution in [2.45, 2.75) is 20.8 Å². The number of likely N-dealkylation sites (N-methyl/N-ethyl adjacent to an activating group) is 1. The van der Waals surface area contributed by atoms with Crippen LogP contribution in [0.2, 0.25) is 0 Å². The Hall–Kier alpha value is -1.35. The minimum absolute atomic E-state index is 0.00434. The number of rotatable bonds is 4. The van der Waals surface area contributed by atoms with Crippen LogP contribution in [0.4, 0.5) is 0 Å². The molecule has 0 heterocycles. The number of aliphatic hydroxyl groups is 1. The number of amides is 1.